The highest BCUT2D eigenvalue weighted by molar-refractivity contribution is 7.12. The van der Waals surface area contributed by atoms with Crippen molar-refractivity contribution in [2.45, 2.75) is 20.4 Å². The molecule has 0 atom stereocenters. The third kappa shape index (κ3) is 4.97. The van der Waals surface area contributed by atoms with Crippen molar-refractivity contribution < 1.29 is 14.3 Å². The van der Waals surface area contributed by atoms with Crippen LogP contribution in [0.2, 0.25) is 0 Å². The Morgan fingerprint density at radius 2 is 1.84 bits per heavy atom. The maximum absolute atomic E-state index is 12.8. The SMILES string of the molecule is CC(C)Cn1c(N)c(C(=O)COC(=O)C(=Cc2cccs2)c2cccs2)c(=O)n(C)c1=O. The molecule has 3 aromatic heterocycles. The quantitative estimate of drug-likeness (QED) is 0.306. The predicted molar refractivity (Wildman–Crippen MR) is 127 cm³/mol. The maximum Gasteiger partial charge on any atom is 0.340 e. The standard InChI is InChI=1S/C22H23N3O5S2/c1-13(2)11-25-19(23)18(20(27)24(3)22(25)29)16(26)12-30-21(28)15(17-7-5-9-32-17)10-14-6-4-8-31-14/h4-10,13H,11-12,23H2,1-3H3. The minimum atomic E-state index is -0.818. The van der Waals surface area contributed by atoms with Gasteiger partial charge in [0.2, 0.25) is 5.78 Å². The van der Waals surface area contributed by atoms with Crippen molar-refractivity contribution in [2.75, 3.05) is 12.3 Å². The fourth-order valence-electron chi connectivity index (χ4n) is 3.05. The van der Waals surface area contributed by atoms with E-state index in [-0.39, 0.29) is 23.8 Å². The molecule has 0 saturated heterocycles. The van der Waals surface area contributed by atoms with E-state index in [1.807, 2.05) is 42.8 Å². The van der Waals surface area contributed by atoms with Gasteiger partial charge in [0, 0.05) is 23.3 Å². The Kier molecular flexibility index (Phi) is 7.26. The first kappa shape index (κ1) is 23.4. The van der Waals surface area contributed by atoms with Crippen molar-refractivity contribution in [2.24, 2.45) is 13.0 Å². The second-order valence-electron chi connectivity index (χ2n) is 7.46. The molecule has 0 fully saturated rings. The first-order valence-corrected chi connectivity index (χ1v) is 11.5. The van der Waals surface area contributed by atoms with Gasteiger partial charge in [0.05, 0.1) is 5.57 Å². The molecule has 3 aromatic rings. The van der Waals surface area contributed by atoms with E-state index in [1.165, 1.54) is 34.3 Å². The average Bonchev–Trinajstić information content (AvgIpc) is 3.46. The summed E-state index contributed by atoms with van der Waals surface area (Å²) in [5.74, 6) is -1.62. The molecule has 0 unspecified atom stereocenters. The predicted octanol–water partition coefficient (Wildman–Crippen LogP) is 2.87. The van der Waals surface area contributed by atoms with Crippen molar-refractivity contribution in [3.63, 3.8) is 0 Å². The maximum atomic E-state index is 12.8. The molecule has 8 nitrogen and oxygen atoms in total. The van der Waals surface area contributed by atoms with Gasteiger partial charge in [0.15, 0.2) is 6.61 Å². The van der Waals surface area contributed by atoms with Crippen LogP contribution in [-0.4, -0.2) is 27.5 Å². The summed E-state index contributed by atoms with van der Waals surface area (Å²) >= 11 is 2.83. The van der Waals surface area contributed by atoms with Crippen LogP contribution in [0.3, 0.4) is 0 Å². The first-order valence-electron chi connectivity index (χ1n) is 9.79. The lowest BCUT2D eigenvalue weighted by Crippen LogP contribution is -2.43. The molecule has 168 valence electrons. The van der Waals surface area contributed by atoms with Gasteiger partial charge in [-0.25, -0.2) is 9.59 Å². The molecule has 0 radical (unpaired) electrons. The Balaban J connectivity index is 1.88. The molecule has 0 spiro atoms. The molecular formula is C22H23N3O5S2. The van der Waals surface area contributed by atoms with Gasteiger partial charge in [0.1, 0.15) is 11.4 Å². The zero-order valence-electron chi connectivity index (χ0n) is 17.9. The normalized spacial score (nSPS) is 11.7. The lowest BCUT2D eigenvalue weighted by atomic mass is 10.1. The topological polar surface area (TPSA) is 113 Å². The number of nitrogens with two attached hydrogens (primary N) is 1. The van der Waals surface area contributed by atoms with Crippen LogP contribution in [-0.2, 0) is 23.1 Å². The van der Waals surface area contributed by atoms with E-state index in [0.29, 0.717) is 10.5 Å². The number of aromatic nitrogens is 2. The van der Waals surface area contributed by atoms with Crippen LogP contribution < -0.4 is 17.0 Å². The summed E-state index contributed by atoms with van der Waals surface area (Å²) in [6.07, 6.45) is 1.69. The molecule has 0 amide bonds. The fourth-order valence-corrected chi connectivity index (χ4v) is 4.43. The Morgan fingerprint density at radius 3 is 2.44 bits per heavy atom. The molecule has 0 saturated carbocycles. The van der Waals surface area contributed by atoms with Gasteiger partial charge in [0.25, 0.3) is 5.56 Å². The third-order valence-corrected chi connectivity index (χ3v) is 6.30. The zero-order chi connectivity index (χ0) is 23.4. The lowest BCUT2D eigenvalue weighted by Gasteiger charge is -2.16. The molecule has 3 heterocycles. The number of Topliss-reactive ketones (excluding diaryl/α,β-unsaturated/α-hetero) is 1. The monoisotopic (exact) mass is 473 g/mol. The van der Waals surface area contributed by atoms with E-state index in [4.69, 9.17) is 10.5 Å². The molecule has 0 bridgehead atoms. The number of esters is 1. The summed E-state index contributed by atoms with van der Waals surface area (Å²) in [5.41, 5.74) is 4.54. The summed E-state index contributed by atoms with van der Waals surface area (Å²) in [5, 5.41) is 3.72. The number of carbonyl (C=O) groups is 2. The van der Waals surface area contributed by atoms with E-state index in [9.17, 15) is 19.2 Å². The number of nitrogen functional groups attached to an aromatic ring is 1. The van der Waals surface area contributed by atoms with Crippen LogP contribution in [0.25, 0.3) is 11.6 Å². The number of carbonyl (C=O) groups excluding carboxylic acids is 2. The number of hydrogen-bond donors (Lipinski definition) is 1. The van der Waals surface area contributed by atoms with Crippen LogP contribution in [0, 0.1) is 5.92 Å². The average molecular weight is 474 g/mol. The molecule has 10 heteroatoms. The molecule has 0 aliphatic heterocycles. The van der Waals surface area contributed by atoms with Gasteiger partial charge in [-0.1, -0.05) is 26.0 Å². The number of thiophene rings is 2. The van der Waals surface area contributed by atoms with Crippen LogP contribution in [0.5, 0.6) is 0 Å². The molecule has 3 rings (SSSR count). The van der Waals surface area contributed by atoms with Gasteiger partial charge >= 0.3 is 11.7 Å². The van der Waals surface area contributed by atoms with E-state index in [1.54, 1.807) is 12.1 Å². The zero-order valence-corrected chi connectivity index (χ0v) is 19.5. The summed E-state index contributed by atoms with van der Waals surface area (Å²) < 4.78 is 7.28. The lowest BCUT2D eigenvalue weighted by molar-refractivity contribution is -0.135. The van der Waals surface area contributed by atoms with Crippen LogP contribution in [0.4, 0.5) is 5.82 Å². The van der Waals surface area contributed by atoms with Gasteiger partial charge < -0.3 is 10.5 Å². The van der Waals surface area contributed by atoms with E-state index in [0.717, 1.165) is 9.44 Å². The van der Waals surface area contributed by atoms with Gasteiger partial charge in [-0.2, -0.15) is 0 Å². The van der Waals surface area contributed by atoms with Crippen molar-refractivity contribution in [1.82, 2.24) is 9.13 Å². The third-order valence-electron chi connectivity index (χ3n) is 4.58. The van der Waals surface area contributed by atoms with Crippen LogP contribution >= 0.6 is 22.7 Å². The number of ketones is 1. The van der Waals surface area contributed by atoms with Gasteiger partial charge in [-0.3, -0.25) is 18.7 Å². The number of ether oxygens (including phenoxy) is 1. The van der Waals surface area contributed by atoms with Crippen molar-refractivity contribution in [1.29, 1.82) is 0 Å². The molecular weight excluding hydrogens is 450 g/mol. The Bertz CT molecular complexity index is 1270. The van der Waals surface area contributed by atoms with Crippen LogP contribution in [0.15, 0.2) is 44.6 Å². The largest absolute Gasteiger partial charge is 0.454 e. The summed E-state index contributed by atoms with van der Waals surface area (Å²) in [4.78, 5) is 52.1. The Morgan fingerprint density at radius 1 is 1.16 bits per heavy atom. The van der Waals surface area contributed by atoms with Crippen LogP contribution in [0.1, 0.15) is 34.0 Å². The Hall–Kier alpha value is -3.24. The number of anilines is 1. The van der Waals surface area contributed by atoms with Crippen molar-refractivity contribution >= 4 is 51.9 Å². The van der Waals surface area contributed by atoms with E-state index >= 15 is 0 Å². The highest BCUT2D eigenvalue weighted by Gasteiger charge is 2.24. The molecule has 2 N–H and O–H groups in total. The van der Waals surface area contributed by atoms with Gasteiger partial charge in [-0.15, -0.1) is 22.7 Å². The minimum Gasteiger partial charge on any atom is -0.454 e. The summed E-state index contributed by atoms with van der Waals surface area (Å²) in [6.45, 7) is 3.33. The fraction of sp³-hybridized carbons (Fsp3) is 0.273. The molecule has 32 heavy (non-hydrogen) atoms. The minimum absolute atomic E-state index is 0.0593. The first-order chi connectivity index (χ1) is 15.2. The highest BCUT2D eigenvalue weighted by Crippen LogP contribution is 2.26. The van der Waals surface area contributed by atoms with E-state index < -0.39 is 29.6 Å². The van der Waals surface area contributed by atoms with E-state index in [2.05, 4.69) is 0 Å². The van der Waals surface area contributed by atoms with Crippen molar-refractivity contribution in [3.05, 3.63) is 71.2 Å². The summed E-state index contributed by atoms with van der Waals surface area (Å²) in [6, 6.07) is 7.31. The second-order valence-corrected chi connectivity index (χ2v) is 9.39. The number of nitrogens with zero attached hydrogens (tertiary/aromatic N) is 2. The summed E-state index contributed by atoms with van der Waals surface area (Å²) in [7, 11) is 1.28. The Labute approximate surface area is 192 Å². The highest BCUT2D eigenvalue weighted by atomic mass is 32.1. The van der Waals surface area contributed by atoms with Gasteiger partial charge in [-0.05, 0) is 34.9 Å². The number of hydrogen-bond acceptors (Lipinski definition) is 8. The second kappa shape index (κ2) is 9.92. The molecule has 0 aliphatic rings. The number of rotatable bonds is 8. The molecule has 0 aromatic carbocycles. The van der Waals surface area contributed by atoms with Crippen molar-refractivity contribution in [3.8, 4) is 0 Å². The smallest absolute Gasteiger partial charge is 0.340 e. The molecule has 0 aliphatic carbocycles.